The molecule has 49 heavy (non-hydrogen) atoms. The zero-order valence-corrected chi connectivity index (χ0v) is 35.6. The zero-order chi connectivity index (χ0) is 31.9. The van der Waals surface area contributed by atoms with Crippen LogP contribution in [0.4, 0.5) is 0 Å². The van der Waals surface area contributed by atoms with Gasteiger partial charge >= 0.3 is 30.2 Å². The van der Waals surface area contributed by atoms with Crippen LogP contribution in [0.3, 0.4) is 0 Å². The predicted octanol–water partition coefficient (Wildman–Crippen LogP) is 14.4. The van der Waals surface area contributed by atoms with E-state index in [-0.39, 0.29) is 39.7 Å². The first kappa shape index (κ1) is 44.8. The number of benzene rings is 4. The summed E-state index contributed by atoms with van der Waals surface area (Å²) in [4.78, 5) is 0. The van der Waals surface area contributed by atoms with Crippen molar-refractivity contribution in [3.8, 4) is 22.3 Å². The summed E-state index contributed by atoms with van der Waals surface area (Å²) in [6.45, 7) is 14.2. The Bertz CT molecular complexity index is 1820. The van der Waals surface area contributed by atoms with Gasteiger partial charge in [0, 0.05) is 0 Å². The first-order valence-electron chi connectivity index (χ1n) is 16.7. The van der Waals surface area contributed by atoms with Crippen LogP contribution in [-0.4, -0.2) is 6.88 Å². The van der Waals surface area contributed by atoms with Crippen molar-refractivity contribution in [2.24, 2.45) is 0 Å². The Hall–Kier alpha value is -2.22. The summed E-state index contributed by atoms with van der Waals surface area (Å²) in [6, 6.07) is 40.9. The normalized spacial score (nSPS) is 12.4. The van der Waals surface area contributed by atoms with Crippen molar-refractivity contribution in [1.82, 2.24) is 0 Å². The monoisotopic (exact) mass is 782 g/mol. The van der Waals surface area contributed by atoms with E-state index in [1.807, 2.05) is 0 Å². The molecule has 0 N–H and O–H groups in total. The van der Waals surface area contributed by atoms with Crippen LogP contribution in [-0.2, 0) is 23.3 Å². The standard InChI is InChI=1S/C22H23.C21H23.2CH3.2ClH.Si.Zr/c1-16-14-20-8-5-9-21(22(20)15-16)19-12-10-18(11-13-19)17-6-3-2-4-7-17;1-14(2)16-8-10-17(11-9-16)20-7-5-6-18-12-19(15(3)4)13-21(18)20;;;;;;/h5,8-15,17H,2-4,6-7H2,1H3;5-15H,1-4H3;2*1H3;2*1H;;/q4*-1;;;;. The predicted molar refractivity (Wildman–Crippen MR) is 222 cm³/mol. The van der Waals surface area contributed by atoms with Crippen LogP contribution in [0.5, 0.6) is 0 Å². The Morgan fingerprint density at radius 2 is 1.10 bits per heavy atom. The number of halogens is 2. The number of hydrogen-bond acceptors (Lipinski definition) is 0. The number of rotatable bonds is 5. The second-order valence-corrected chi connectivity index (χ2v) is 13.3. The van der Waals surface area contributed by atoms with Crippen molar-refractivity contribution in [2.75, 3.05) is 0 Å². The van der Waals surface area contributed by atoms with E-state index in [4.69, 9.17) is 0 Å². The Morgan fingerprint density at radius 3 is 1.61 bits per heavy atom. The maximum atomic E-state index is 3.06. The van der Waals surface area contributed by atoms with Crippen molar-refractivity contribution >= 4 is 53.2 Å². The molecule has 0 amide bonds. The van der Waals surface area contributed by atoms with Gasteiger partial charge in [0.25, 0.3) is 0 Å². The van der Waals surface area contributed by atoms with E-state index in [1.165, 1.54) is 121 Å². The van der Waals surface area contributed by atoms with Crippen LogP contribution in [0.15, 0.2) is 109 Å². The van der Waals surface area contributed by atoms with Crippen LogP contribution in [0.25, 0.3) is 43.8 Å². The van der Waals surface area contributed by atoms with Gasteiger partial charge in [-0.15, -0.1) is 93.9 Å². The molecule has 0 unspecified atom stereocenters. The number of aryl methyl sites for hydroxylation is 1. The van der Waals surface area contributed by atoms with Gasteiger partial charge < -0.3 is 14.9 Å². The Labute approximate surface area is 327 Å². The van der Waals surface area contributed by atoms with Crippen molar-refractivity contribution in [1.29, 1.82) is 0 Å². The second-order valence-electron chi connectivity index (χ2n) is 13.3. The quantitative estimate of drug-likeness (QED) is 0.121. The van der Waals surface area contributed by atoms with Gasteiger partial charge in [0.2, 0.25) is 0 Å². The average molecular weight is 785 g/mol. The molecule has 0 nitrogen and oxygen atoms in total. The van der Waals surface area contributed by atoms with Crippen LogP contribution in [0, 0.1) is 21.8 Å². The van der Waals surface area contributed by atoms with E-state index in [9.17, 15) is 0 Å². The summed E-state index contributed by atoms with van der Waals surface area (Å²) in [5.74, 6) is 1.95. The molecule has 6 aromatic carbocycles. The van der Waals surface area contributed by atoms with Gasteiger partial charge in [-0.05, 0) is 52.8 Å². The second kappa shape index (κ2) is 21.2. The summed E-state index contributed by atoms with van der Waals surface area (Å²) in [7, 11) is 0. The molecule has 0 atom stereocenters. The topological polar surface area (TPSA) is 0 Å². The van der Waals surface area contributed by atoms with E-state index in [1.54, 1.807) is 0 Å². The van der Waals surface area contributed by atoms with Gasteiger partial charge in [-0.2, -0.15) is 12.1 Å². The van der Waals surface area contributed by atoms with E-state index in [0.29, 0.717) is 11.8 Å². The molecule has 4 heteroatoms. The fourth-order valence-electron chi connectivity index (χ4n) is 6.90. The van der Waals surface area contributed by atoms with Crippen LogP contribution in [0.1, 0.15) is 99.8 Å². The average Bonchev–Trinajstić information content (AvgIpc) is 3.70. The third kappa shape index (κ3) is 10.9. The summed E-state index contributed by atoms with van der Waals surface area (Å²) in [5, 5.41) is 5.46. The molecule has 1 aliphatic rings. The maximum absolute atomic E-state index is 3.06. The van der Waals surface area contributed by atoms with Crippen molar-refractivity contribution < 1.29 is 23.3 Å². The summed E-state index contributed by atoms with van der Waals surface area (Å²) < 4.78 is 0. The van der Waals surface area contributed by atoms with E-state index in [0.717, 1.165) is 5.92 Å². The van der Waals surface area contributed by atoms with Crippen LogP contribution in [0.2, 0.25) is 0 Å². The molecule has 2 radical (unpaired) electrons. The summed E-state index contributed by atoms with van der Waals surface area (Å²) in [5.41, 5.74) is 11.1. The molecular weight excluding hydrogens is 731 g/mol. The zero-order valence-electron chi connectivity index (χ0n) is 30.5. The van der Waals surface area contributed by atoms with Gasteiger partial charge in [-0.1, -0.05) is 126 Å². The molecule has 1 fully saturated rings. The molecule has 0 heterocycles. The molecule has 0 spiro atoms. The van der Waals surface area contributed by atoms with Crippen molar-refractivity contribution in [3.05, 3.63) is 146 Å². The van der Waals surface area contributed by atoms with E-state index >= 15 is 0 Å². The van der Waals surface area contributed by atoms with E-state index < -0.39 is 0 Å². The minimum atomic E-state index is 0. The van der Waals surface area contributed by atoms with Gasteiger partial charge in [-0.25, -0.2) is 0 Å². The molecule has 0 saturated heterocycles. The summed E-state index contributed by atoms with van der Waals surface area (Å²) >= 11 is 1.36. The molecule has 6 aromatic rings. The molecule has 0 bridgehead atoms. The molecule has 260 valence electrons. The third-order valence-corrected chi connectivity index (χ3v) is 9.52. The van der Waals surface area contributed by atoms with Gasteiger partial charge in [-0.3, -0.25) is 0 Å². The van der Waals surface area contributed by atoms with Gasteiger partial charge in [0.05, 0.1) is 0 Å². The molecule has 7 rings (SSSR count). The Balaban J connectivity index is 0.000000433. The van der Waals surface area contributed by atoms with Gasteiger partial charge in [0.15, 0.2) is 0 Å². The van der Waals surface area contributed by atoms with E-state index in [2.05, 4.69) is 151 Å². The number of fused-ring (bicyclic) bond motifs is 2. The van der Waals surface area contributed by atoms with Crippen LogP contribution >= 0.6 is 24.8 Å². The summed E-state index contributed by atoms with van der Waals surface area (Å²) in [6.07, 6.45) is 6.97. The molecule has 0 aromatic heterocycles. The molecule has 1 aliphatic carbocycles. The van der Waals surface area contributed by atoms with Crippen molar-refractivity contribution in [3.63, 3.8) is 0 Å². The number of hydrogen-bond donors (Lipinski definition) is 0. The Kier molecular flexibility index (Phi) is 19.4. The fourth-order valence-corrected chi connectivity index (χ4v) is 6.90. The van der Waals surface area contributed by atoms with Gasteiger partial charge in [0.1, 0.15) is 0 Å². The van der Waals surface area contributed by atoms with Crippen LogP contribution < -0.4 is 0 Å². The first-order valence-corrected chi connectivity index (χ1v) is 20.9. The molecule has 0 aliphatic heterocycles. The minimum absolute atomic E-state index is 0. The molecular formula is C45H54Cl2SiZr-4. The fraction of sp³-hybridized carbons (Fsp3) is 0.289. The SMILES string of the molecule is CC(C)c1ccc(-c2cccc3[cH-]c(C(C)C)cc23)cc1.Cc1cc2c(-c3ccc(C4CCCCC4)cc3)cccc2[cH-]1.Cl.Cl.[CH3-].[CH3-].[Si]=[Zr]. The Morgan fingerprint density at radius 1 is 0.612 bits per heavy atom. The third-order valence-electron chi connectivity index (χ3n) is 9.52. The molecule has 1 saturated carbocycles. The first-order chi connectivity index (χ1) is 21.9. The van der Waals surface area contributed by atoms with Crippen molar-refractivity contribution in [2.45, 2.75) is 84.5 Å².